The summed E-state index contributed by atoms with van der Waals surface area (Å²) in [7, 11) is 0. The van der Waals surface area contributed by atoms with Gasteiger partial charge >= 0.3 is 0 Å². The molecule has 0 aromatic heterocycles. The van der Waals surface area contributed by atoms with Gasteiger partial charge in [0.15, 0.2) is 0 Å². The predicted molar refractivity (Wildman–Crippen MR) is 53.1 cm³/mol. The molecule has 0 saturated carbocycles. The third kappa shape index (κ3) is 2.54. The Morgan fingerprint density at radius 2 is 2.31 bits per heavy atom. The summed E-state index contributed by atoms with van der Waals surface area (Å²) in [5.41, 5.74) is 1.41. The molecule has 0 N–H and O–H groups in total. The van der Waals surface area contributed by atoms with E-state index in [4.69, 9.17) is 0 Å². The molecule has 1 aromatic carbocycles. The summed E-state index contributed by atoms with van der Waals surface area (Å²) < 4.78 is 21.2. The third-order valence-electron chi connectivity index (χ3n) is 1.54. The SMILES string of the molecule is Cc1ccc(S(=O)[O-])cc1N=C=S. The molecule has 0 saturated heterocycles. The van der Waals surface area contributed by atoms with Crippen LogP contribution >= 0.6 is 12.2 Å². The Labute approximate surface area is 83.8 Å². The van der Waals surface area contributed by atoms with Crippen LogP contribution in [0.1, 0.15) is 5.56 Å². The number of benzene rings is 1. The highest BCUT2D eigenvalue weighted by Gasteiger charge is 1.98. The summed E-state index contributed by atoms with van der Waals surface area (Å²) in [4.78, 5) is 3.94. The highest BCUT2D eigenvalue weighted by Crippen LogP contribution is 2.20. The van der Waals surface area contributed by atoms with E-state index >= 15 is 0 Å². The Bertz CT molecular complexity index is 397. The van der Waals surface area contributed by atoms with Crippen molar-refractivity contribution in [1.82, 2.24) is 0 Å². The zero-order valence-corrected chi connectivity index (χ0v) is 8.45. The van der Waals surface area contributed by atoms with E-state index in [1.165, 1.54) is 12.1 Å². The van der Waals surface area contributed by atoms with Gasteiger partial charge in [0, 0.05) is 4.90 Å². The second-order valence-corrected chi connectivity index (χ2v) is 3.51. The zero-order valence-electron chi connectivity index (χ0n) is 6.81. The number of rotatable bonds is 2. The maximum atomic E-state index is 10.6. The molecule has 13 heavy (non-hydrogen) atoms. The fraction of sp³-hybridized carbons (Fsp3) is 0.125. The second-order valence-electron chi connectivity index (χ2n) is 2.39. The first kappa shape index (κ1) is 10.2. The molecule has 0 bridgehead atoms. The van der Waals surface area contributed by atoms with Crippen LogP contribution in [-0.2, 0) is 11.1 Å². The van der Waals surface area contributed by atoms with Gasteiger partial charge in [-0.3, -0.25) is 4.21 Å². The molecular weight excluding hydrogens is 206 g/mol. The van der Waals surface area contributed by atoms with E-state index in [-0.39, 0.29) is 4.90 Å². The number of isothiocyanates is 1. The maximum Gasteiger partial charge on any atom is 0.0780 e. The highest BCUT2D eigenvalue weighted by atomic mass is 32.2. The Hall–Kier alpha value is -0.870. The molecule has 68 valence electrons. The van der Waals surface area contributed by atoms with E-state index in [0.717, 1.165) is 5.56 Å². The van der Waals surface area contributed by atoms with Crippen molar-refractivity contribution in [3.63, 3.8) is 0 Å². The Kier molecular flexibility index (Phi) is 3.45. The van der Waals surface area contributed by atoms with Crippen molar-refractivity contribution in [3.05, 3.63) is 23.8 Å². The van der Waals surface area contributed by atoms with Crippen LogP contribution < -0.4 is 0 Å². The molecule has 1 rings (SSSR count). The smallest absolute Gasteiger partial charge is 0.0780 e. The van der Waals surface area contributed by atoms with Gasteiger partial charge in [-0.1, -0.05) is 6.07 Å². The minimum absolute atomic E-state index is 0.203. The Balaban J connectivity index is 3.26. The lowest BCUT2D eigenvalue weighted by atomic mass is 10.2. The normalized spacial score (nSPS) is 11.8. The van der Waals surface area contributed by atoms with Gasteiger partial charge in [0.1, 0.15) is 0 Å². The maximum absolute atomic E-state index is 10.6. The van der Waals surface area contributed by atoms with Crippen molar-refractivity contribution in [3.8, 4) is 0 Å². The number of aryl methyl sites for hydroxylation is 1. The lowest BCUT2D eigenvalue weighted by Crippen LogP contribution is -1.88. The van der Waals surface area contributed by atoms with Gasteiger partial charge in [-0.25, -0.2) is 0 Å². The molecule has 3 nitrogen and oxygen atoms in total. The van der Waals surface area contributed by atoms with Crippen molar-refractivity contribution in [2.24, 2.45) is 4.99 Å². The second kappa shape index (κ2) is 4.39. The van der Waals surface area contributed by atoms with Gasteiger partial charge in [0.05, 0.1) is 10.8 Å². The summed E-state index contributed by atoms with van der Waals surface area (Å²) in [5, 5.41) is 2.20. The lowest BCUT2D eigenvalue weighted by Gasteiger charge is -2.06. The fourth-order valence-corrected chi connectivity index (χ4v) is 1.35. The Morgan fingerprint density at radius 1 is 1.62 bits per heavy atom. The molecule has 0 spiro atoms. The van der Waals surface area contributed by atoms with E-state index in [1.807, 2.05) is 6.92 Å². The fourth-order valence-electron chi connectivity index (χ4n) is 0.863. The van der Waals surface area contributed by atoms with Crippen LogP contribution in [0.25, 0.3) is 0 Å². The van der Waals surface area contributed by atoms with Crippen LogP contribution in [0.4, 0.5) is 5.69 Å². The minimum atomic E-state index is -2.22. The molecule has 0 aliphatic carbocycles. The molecule has 0 aliphatic heterocycles. The lowest BCUT2D eigenvalue weighted by molar-refractivity contribution is 0.537. The Morgan fingerprint density at radius 3 is 2.85 bits per heavy atom. The number of nitrogens with zero attached hydrogens (tertiary/aromatic N) is 1. The summed E-state index contributed by atoms with van der Waals surface area (Å²) in [5.74, 6) is 0. The van der Waals surface area contributed by atoms with Gasteiger partial charge in [0.25, 0.3) is 0 Å². The molecule has 1 atom stereocenters. The molecule has 1 unspecified atom stereocenters. The van der Waals surface area contributed by atoms with Crippen molar-refractivity contribution < 1.29 is 8.76 Å². The van der Waals surface area contributed by atoms with Crippen molar-refractivity contribution in [1.29, 1.82) is 0 Å². The molecule has 0 radical (unpaired) electrons. The molecule has 0 fully saturated rings. The minimum Gasteiger partial charge on any atom is -0.768 e. The topological polar surface area (TPSA) is 52.5 Å². The van der Waals surface area contributed by atoms with Crippen LogP contribution in [0.5, 0.6) is 0 Å². The van der Waals surface area contributed by atoms with Gasteiger partial charge < -0.3 is 4.55 Å². The summed E-state index contributed by atoms with van der Waals surface area (Å²) in [6.07, 6.45) is 0. The van der Waals surface area contributed by atoms with Gasteiger partial charge in [-0.05, 0) is 47.9 Å². The van der Waals surface area contributed by atoms with E-state index in [9.17, 15) is 8.76 Å². The predicted octanol–water partition coefficient (Wildman–Crippen LogP) is 1.97. The van der Waals surface area contributed by atoms with Crippen LogP contribution in [0.2, 0.25) is 0 Å². The van der Waals surface area contributed by atoms with Crippen molar-refractivity contribution >= 4 is 34.1 Å². The molecule has 0 heterocycles. The van der Waals surface area contributed by atoms with Crippen LogP contribution in [0, 0.1) is 6.92 Å². The van der Waals surface area contributed by atoms with Gasteiger partial charge in [-0.15, -0.1) is 0 Å². The van der Waals surface area contributed by atoms with E-state index < -0.39 is 11.1 Å². The monoisotopic (exact) mass is 212 g/mol. The van der Waals surface area contributed by atoms with E-state index in [2.05, 4.69) is 22.4 Å². The quantitative estimate of drug-likeness (QED) is 0.428. The van der Waals surface area contributed by atoms with Crippen molar-refractivity contribution in [2.75, 3.05) is 0 Å². The summed E-state index contributed by atoms with van der Waals surface area (Å²) >= 11 is 2.21. The summed E-state index contributed by atoms with van der Waals surface area (Å²) in [6.45, 7) is 1.82. The first-order chi connectivity index (χ1) is 6.15. The molecular formula is C8H6NO2S2-. The number of hydrogen-bond acceptors (Lipinski definition) is 4. The molecule has 1 aromatic rings. The van der Waals surface area contributed by atoms with Gasteiger partial charge in [-0.2, -0.15) is 4.99 Å². The first-order valence-corrected chi connectivity index (χ1v) is 4.91. The van der Waals surface area contributed by atoms with Gasteiger partial charge in [0.2, 0.25) is 0 Å². The van der Waals surface area contributed by atoms with Crippen LogP contribution in [0.3, 0.4) is 0 Å². The molecule has 0 aliphatic rings. The van der Waals surface area contributed by atoms with Crippen molar-refractivity contribution in [2.45, 2.75) is 11.8 Å². The average Bonchev–Trinajstić information content (AvgIpc) is 2.08. The average molecular weight is 212 g/mol. The van der Waals surface area contributed by atoms with E-state index in [0.29, 0.717) is 5.69 Å². The molecule has 5 heteroatoms. The van der Waals surface area contributed by atoms with Crippen LogP contribution in [-0.4, -0.2) is 13.9 Å². The standard InChI is InChI=1S/C8H7NO2S2/c1-6-2-3-7(13(10)11)4-8(6)9-5-12/h2-4H,1H3,(H,10,11)/p-1. The number of thiocarbonyl (C=S) groups is 1. The molecule has 0 amide bonds. The largest absolute Gasteiger partial charge is 0.768 e. The number of hydrogen-bond donors (Lipinski definition) is 0. The van der Waals surface area contributed by atoms with E-state index in [1.54, 1.807) is 6.07 Å². The zero-order chi connectivity index (χ0) is 9.84. The first-order valence-electron chi connectivity index (χ1n) is 3.43. The van der Waals surface area contributed by atoms with Crippen LogP contribution in [0.15, 0.2) is 28.1 Å². The highest BCUT2D eigenvalue weighted by molar-refractivity contribution is 7.79. The number of aliphatic imine (C=N–C) groups is 1. The third-order valence-corrected chi connectivity index (χ3v) is 2.27. The summed E-state index contributed by atoms with van der Waals surface area (Å²) in [6, 6.07) is 4.65.